The van der Waals surface area contributed by atoms with Crippen LogP contribution in [-0.2, 0) is 11.3 Å². The predicted octanol–water partition coefficient (Wildman–Crippen LogP) is 3.63. The topological polar surface area (TPSA) is 55.2 Å². The summed E-state index contributed by atoms with van der Waals surface area (Å²) < 4.78 is 15.6. The molecule has 1 aliphatic heterocycles. The number of fused-ring (bicyclic) bond motifs is 1. The second-order valence-corrected chi connectivity index (χ2v) is 8.37. The fraction of sp³-hybridized carbons (Fsp3) is 0.318. The van der Waals surface area contributed by atoms with E-state index < -0.39 is 0 Å². The van der Waals surface area contributed by atoms with Gasteiger partial charge in [-0.25, -0.2) is 9.37 Å². The highest BCUT2D eigenvalue weighted by Crippen LogP contribution is 2.35. The van der Waals surface area contributed by atoms with Gasteiger partial charge in [-0.15, -0.1) is 0 Å². The van der Waals surface area contributed by atoms with E-state index >= 15 is 0 Å². The molecule has 1 aliphatic rings. The molecule has 1 atom stereocenters. The summed E-state index contributed by atoms with van der Waals surface area (Å²) in [7, 11) is 0. The van der Waals surface area contributed by atoms with E-state index in [1.807, 2.05) is 29.2 Å². The molecule has 1 unspecified atom stereocenters. The van der Waals surface area contributed by atoms with Crippen molar-refractivity contribution >= 4 is 28.6 Å². The minimum Gasteiger partial charge on any atom is -0.342 e. The number of para-hydroxylation sites is 1. The predicted molar refractivity (Wildman–Crippen MR) is 113 cm³/mol. The van der Waals surface area contributed by atoms with Crippen LogP contribution >= 0.6 is 11.8 Å². The molecule has 3 aromatic rings. The van der Waals surface area contributed by atoms with E-state index in [4.69, 9.17) is 0 Å². The lowest BCUT2D eigenvalue weighted by Crippen LogP contribution is -2.34. The molecule has 0 aliphatic carbocycles. The van der Waals surface area contributed by atoms with Gasteiger partial charge in [0.05, 0.1) is 17.2 Å². The zero-order chi connectivity index (χ0) is 20.2. The largest absolute Gasteiger partial charge is 0.342 e. The van der Waals surface area contributed by atoms with Crippen LogP contribution in [0.4, 0.5) is 4.39 Å². The fourth-order valence-corrected chi connectivity index (χ4v) is 4.90. The Hall–Kier alpha value is -2.67. The quantitative estimate of drug-likeness (QED) is 0.658. The maximum absolute atomic E-state index is 14.1. The average Bonchev–Trinajstić information content (AvgIpc) is 3.00. The molecule has 150 valence electrons. The number of benzene rings is 2. The van der Waals surface area contributed by atoms with Gasteiger partial charge in [0, 0.05) is 42.6 Å². The smallest absolute Gasteiger partial charge is 0.261 e. The second-order valence-electron chi connectivity index (χ2n) is 7.06. The molecule has 1 aromatic heterocycles. The van der Waals surface area contributed by atoms with Gasteiger partial charge in [-0.1, -0.05) is 30.3 Å². The van der Waals surface area contributed by atoms with E-state index in [1.165, 1.54) is 17.0 Å². The van der Waals surface area contributed by atoms with Gasteiger partial charge in [0.15, 0.2) is 0 Å². The summed E-state index contributed by atoms with van der Waals surface area (Å²) in [4.78, 5) is 31.4. The molecule has 5 nitrogen and oxygen atoms in total. The molecule has 29 heavy (non-hydrogen) atoms. The van der Waals surface area contributed by atoms with Crippen LogP contribution in [0.5, 0.6) is 0 Å². The van der Waals surface area contributed by atoms with Gasteiger partial charge in [0.25, 0.3) is 5.56 Å². The third kappa shape index (κ3) is 4.34. The summed E-state index contributed by atoms with van der Waals surface area (Å²) in [5.74, 6) is 0.593. The number of halogens is 1. The van der Waals surface area contributed by atoms with E-state index in [-0.39, 0.29) is 29.0 Å². The standard InChI is InChI=1S/C22H22FN3O2S/c23-18-7-3-1-5-16(18)20-9-11-25(13-14-29-20)21(27)10-12-26-15-24-19-8-4-2-6-17(19)22(26)28/h1-8,15,20H,9-14H2. The summed E-state index contributed by atoms with van der Waals surface area (Å²) in [6.45, 7) is 1.53. The van der Waals surface area contributed by atoms with E-state index in [2.05, 4.69) is 4.98 Å². The third-order valence-electron chi connectivity index (χ3n) is 5.24. The molecule has 4 rings (SSSR count). The van der Waals surface area contributed by atoms with Crippen molar-refractivity contribution in [2.24, 2.45) is 0 Å². The molecule has 7 heteroatoms. The Morgan fingerprint density at radius 1 is 1.14 bits per heavy atom. The minimum atomic E-state index is -0.187. The Labute approximate surface area is 172 Å². The van der Waals surface area contributed by atoms with Crippen molar-refractivity contribution in [1.29, 1.82) is 0 Å². The van der Waals surface area contributed by atoms with Crippen molar-refractivity contribution in [1.82, 2.24) is 14.5 Å². The first-order chi connectivity index (χ1) is 14.1. The first kappa shape index (κ1) is 19.6. The van der Waals surface area contributed by atoms with Crippen LogP contribution in [0.15, 0.2) is 59.7 Å². The number of carbonyl (C=O) groups excluding carboxylic acids is 1. The summed E-state index contributed by atoms with van der Waals surface area (Å²) in [6, 6.07) is 14.0. The lowest BCUT2D eigenvalue weighted by molar-refractivity contribution is -0.131. The summed E-state index contributed by atoms with van der Waals surface area (Å²) in [6.07, 6.45) is 2.47. The number of rotatable bonds is 4. The monoisotopic (exact) mass is 411 g/mol. The second kappa shape index (κ2) is 8.78. The van der Waals surface area contributed by atoms with E-state index in [9.17, 15) is 14.0 Å². The first-order valence-electron chi connectivity index (χ1n) is 9.71. The van der Waals surface area contributed by atoms with Crippen molar-refractivity contribution < 1.29 is 9.18 Å². The van der Waals surface area contributed by atoms with Crippen LogP contribution in [0.2, 0.25) is 0 Å². The average molecular weight is 412 g/mol. The van der Waals surface area contributed by atoms with Gasteiger partial charge >= 0.3 is 0 Å². The lowest BCUT2D eigenvalue weighted by Gasteiger charge is -2.20. The number of hydrogen-bond acceptors (Lipinski definition) is 4. The van der Waals surface area contributed by atoms with Gasteiger partial charge in [-0.3, -0.25) is 14.2 Å². The molecule has 0 saturated carbocycles. The molecule has 2 aromatic carbocycles. The summed E-state index contributed by atoms with van der Waals surface area (Å²) in [5, 5.41) is 0.614. The number of carbonyl (C=O) groups is 1. The first-order valence-corrected chi connectivity index (χ1v) is 10.8. The van der Waals surface area contributed by atoms with Crippen LogP contribution in [0.1, 0.15) is 23.7 Å². The zero-order valence-electron chi connectivity index (χ0n) is 16.0. The van der Waals surface area contributed by atoms with Crippen molar-refractivity contribution in [3.63, 3.8) is 0 Å². The van der Waals surface area contributed by atoms with E-state index in [0.717, 1.165) is 12.2 Å². The van der Waals surface area contributed by atoms with Crippen LogP contribution in [-0.4, -0.2) is 39.2 Å². The Morgan fingerprint density at radius 3 is 2.79 bits per heavy atom. The van der Waals surface area contributed by atoms with Crippen LogP contribution < -0.4 is 5.56 Å². The van der Waals surface area contributed by atoms with Crippen molar-refractivity contribution in [3.05, 3.63) is 76.6 Å². The normalized spacial score (nSPS) is 17.3. The molecular weight excluding hydrogens is 389 g/mol. The van der Waals surface area contributed by atoms with Gasteiger partial charge in [-0.05, 0) is 24.6 Å². The number of aryl methyl sites for hydroxylation is 1. The molecule has 1 amide bonds. The zero-order valence-corrected chi connectivity index (χ0v) is 16.8. The number of amides is 1. The highest BCUT2D eigenvalue weighted by molar-refractivity contribution is 7.99. The number of thioether (sulfide) groups is 1. The van der Waals surface area contributed by atoms with Gasteiger partial charge < -0.3 is 4.90 Å². The number of aromatic nitrogens is 2. The highest BCUT2D eigenvalue weighted by Gasteiger charge is 2.23. The Bertz CT molecular complexity index is 1080. The van der Waals surface area contributed by atoms with Crippen LogP contribution in [0.3, 0.4) is 0 Å². The molecule has 0 N–H and O–H groups in total. The van der Waals surface area contributed by atoms with Crippen molar-refractivity contribution in [2.45, 2.75) is 24.6 Å². The lowest BCUT2D eigenvalue weighted by atomic mass is 10.1. The van der Waals surface area contributed by atoms with Crippen LogP contribution in [0.25, 0.3) is 10.9 Å². The van der Waals surface area contributed by atoms with Gasteiger partial charge in [0.2, 0.25) is 5.91 Å². The fourth-order valence-electron chi connectivity index (χ4n) is 3.64. The molecule has 0 radical (unpaired) electrons. The Morgan fingerprint density at radius 2 is 1.93 bits per heavy atom. The summed E-state index contributed by atoms with van der Waals surface area (Å²) in [5.41, 5.74) is 1.24. The van der Waals surface area contributed by atoms with Crippen molar-refractivity contribution in [3.8, 4) is 0 Å². The number of hydrogen-bond donors (Lipinski definition) is 0. The molecule has 1 fully saturated rings. The third-order valence-corrected chi connectivity index (χ3v) is 6.55. The number of nitrogens with zero attached hydrogens (tertiary/aromatic N) is 3. The molecule has 1 saturated heterocycles. The maximum atomic E-state index is 14.1. The van der Waals surface area contributed by atoms with Gasteiger partial charge in [-0.2, -0.15) is 11.8 Å². The maximum Gasteiger partial charge on any atom is 0.261 e. The highest BCUT2D eigenvalue weighted by atomic mass is 32.2. The van der Waals surface area contributed by atoms with Gasteiger partial charge in [0.1, 0.15) is 5.82 Å². The molecule has 0 bridgehead atoms. The van der Waals surface area contributed by atoms with Crippen LogP contribution in [0, 0.1) is 5.82 Å². The van der Waals surface area contributed by atoms with Crippen molar-refractivity contribution in [2.75, 3.05) is 18.8 Å². The minimum absolute atomic E-state index is 0.0137. The van der Waals surface area contributed by atoms with E-state index in [1.54, 1.807) is 30.0 Å². The van der Waals surface area contributed by atoms with E-state index in [0.29, 0.717) is 36.1 Å². The SMILES string of the molecule is O=C(CCn1cnc2ccccc2c1=O)N1CCSC(c2ccccc2F)CC1. The molecular formula is C22H22FN3O2S. The summed E-state index contributed by atoms with van der Waals surface area (Å²) >= 11 is 1.69. The Balaban J connectivity index is 1.39. The molecule has 2 heterocycles. The Kier molecular flexibility index (Phi) is 5.94. The molecule has 0 spiro atoms.